The average molecular weight is 913 g/mol. The molecule has 0 N–H and O–H groups in total. The van der Waals surface area contributed by atoms with Gasteiger partial charge in [0.1, 0.15) is 0 Å². The van der Waals surface area contributed by atoms with Crippen LogP contribution >= 0.6 is 0 Å². The summed E-state index contributed by atoms with van der Waals surface area (Å²) in [6.45, 7) is 9.43. The summed E-state index contributed by atoms with van der Waals surface area (Å²) >= 11 is 0. The second-order valence-corrected chi connectivity index (χ2v) is 21.6. The Bertz CT molecular complexity index is 3760. The number of anilines is 6. The molecule has 4 aliphatic rings. The number of rotatable bonds is 5. The van der Waals surface area contributed by atoms with Crippen LogP contribution in [0.2, 0.25) is 0 Å². The molecule has 0 aromatic heterocycles. The second kappa shape index (κ2) is 15.5. The van der Waals surface area contributed by atoms with Crippen LogP contribution in [-0.2, 0) is 16.2 Å². The van der Waals surface area contributed by atoms with E-state index in [0.29, 0.717) is 0 Å². The summed E-state index contributed by atoms with van der Waals surface area (Å²) in [4.78, 5) is 4.97. The predicted octanol–water partition coefficient (Wildman–Crippen LogP) is 18.9. The minimum Gasteiger partial charge on any atom is -0.310 e. The first-order valence-electron chi connectivity index (χ1n) is 25.7. The Morgan fingerprint density at radius 1 is 0.366 bits per heavy atom. The van der Waals surface area contributed by atoms with Crippen molar-refractivity contribution >= 4 is 67.8 Å². The van der Waals surface area contributed by atoms with E-state index in [4.69, 9.17) is 0 Å². The molecule has 2 aliphatic carbocycles. The molecule has 10 aromatic rings. The van der Waals surface area contributed by atoms with Crippen molar-refractivity contribution in [3.63, 3.8) is 0 Å². The smallest absolute Gasteiger partial charge is 0.0502 e. The fourth-order valence-electron chi connectivity index (χ4n) is 13.6. The van der Waals surface area contributed by atoms with Crippen LogP contribution < -0.4 is 9.80 Å². The molecule has 14 rings (SSSR count). The first-order valence-corrected chi connectivity index (χ1v) is 25.7. The molecule has 2 aliphatic heterocycles. The van der Waals surface area contributed by atoms with E-state index in [2.05, 4.69) is 256 Å². The highest BCUT2D eigenvalue weighted by molar-refractivity contribution is 6.04. The highest BCUT2D eigenvalue weighted by Gasteiger charge is 2.46. The Morgan fingerprint density at radius 2 is 0.831 bits per heavy atom. The molecule has 2 heteroatoms. The minimum absolute atomic E-state index is 0.0238. The second-order valence-electron chi connectivity index (χ2n) is 21.6. The number of hydrogen-bond acceptors (Lipinski definition) is 2. The van der Waals surface area contributed by atoms with Gasteiger partial charge in [0.25, 0.3) is 0 Å². The molecule has 0 bridgehead atoms. The van der Waals surface area contributed by atoms with E-state index >= 15 is 0 Å². The van der Waals surface area contributed by atoms with E-state index in [1.807, 2.05) is 0 Å². The summed E-state index contributed by atoms with van der Waals surface area (Å²) in [7, 11) is 0. The molecule has 71 heavy (non-hydrogen) atoms. The molecule has 0 atom stereocenters. The number of benzene rings is 10. The van der Waals surface area contributed by atoms with Gasteiger partial charge in [-0.25, -0.2) is 0 Å². The molecule has 1 saturated carbocycles. The lowest BCUT2D eigenvalue weighted by molar-refractivity contribution is 0.550. The molecule has 10 aromatic carbocycles. The third-order valence-electron chi connectivity index (χ3n) is 17.2. The Morgan fingerprint density at radius 3 is 1.44 bits per heavy atom. The largest absolute Gasteiger partial charge is 0.310 e. The first-order chi connectivity index (χ1) is 34.7. The quantitative estimate of drug-likeness (QED) is 0.159. The van der Waals surface area contributed by atoms with Crippen LogP contribution in [0.4, 0.5) is 34.1 Å². The van der Waals surface area contributed by atoms with Crippen LogP contribution in [0.25, 0.3) is 56.0 Å². The number of hydrogen-bond donors (Lipinski definition) is 0. The molecule has 0 radical (unpaired) electrons. The maximum absolute atomic E-state index is 2.55. The third-order valence-corrected chi connectivity index (χ3v) is 17.2. The monoisotopic (exact) mass is 912 g/mol. The maximum atomic E-state index is 2.55. The topological polar surface area (TPSA) is 6.48 Å². The molecule has 1 fully saturated rings. The van der Waals surface area contributed by atoms with Crippen molar-refractivity contribution in [2.45, 2.75) is 69.6 Å². The van der Waals surface area contributed by atoms with Gasteiger partial charge < -0.3 is 9.80 Å². The zero-order valence-electron chi connectivity index (χ0n) is 41.0. The molecular formula is C69H56N2. The van der Waals surface area contributed by atoms with Crippen LogP contribution in [0.3, 0.4) is 0 Å². The van der Waals surface area contributed by atoms with Crippen molar-refractivity contribution < 1.29 is 0 Å². The standard InChI is InChI=1S/C69H56N2/c1-67(2)57-19-7-11-23-63(57)70(64-24-12-8-20-58(64)67)50-34-32-47-42-49(31-30-48(47)43-50)53-37-33-46(52-17-5-6-18-54(52)53)29-27-45-28-36-55-56-38-35-51(44-62(56)69(61(55)41-45)39-15-16-40-69)71-65-25-13-9-21-59(65)68(3,4)60-22-10-14-26-66(60)71/h5-14,17-38,41-44H,15-16,39-40H2,1-4H3/b29-27+. The van der Waals surface area contributed by atoms with Gasteiger partial charge in [-0.05, 0) is 156 Å². The maximum Gasteiger partial charge on any atom is 0.0502 e. The zero-order valence-corrected chi connectivity index (χ0v) is 41.0. The summed E-state index contributed by atoms with van der Waals surface area (Å²) in [5.74, 6) is 0. The van der Waals surface area contributed by atoms with Crippen molar-refractivity contribution in [3.8, 4) is 22.3 Å². The molecular weight excluding hydrogens is 857 g/mol. The van der Waals surface area contributed by atoms with E-state index in [1.165, 1.54) is 148 Å². The summed E-state index contributed by atoms with van der Waals surface area (Å²) in [6.07, 6.45) is 9.56. The summed E-state index contributed by atoms with van der Waals surface area (Å²) in [5.41, 5.74) is 23.6. The lowest BCUT2D eigenvalue weighted by Gasteiger charge is -2.42. The Labute approximate surface area is 418 Å². The van der Waals surface area contributed by atoms with E-state index in [1.54, 1.807) is 0 Å². The Balaban J connectivity index is 0.784. The molecule has 0 saturated heterocycles. The van der Waals surface area contributed by atoms with Crippen LogP contribution in [0.5, 0.6) is 0 Å². The van der Waals surface area contributed by atoms with Gasteiger partial charge in [0.05, 0.1) is 22.7 Å². The average Bonchev–Trinajstić information content (AvgIpc) is 4.01. The van der Waals surface area contributed by atoms with Crippen LogP contribution in [-0.4, -0.2) is 0 Å². The molecule has 2 nitrogen and oxygen atoms in total. The van der Waals surface area contributed by atoms with Gasteiger partial charge in [-0.15, -0.1) is 0 Å². The molecule has 2 heterocycles. The highest BCUT2D eigenvalue weighted by atomic mass is 15.2. The summed E-state index contributed by atoms with van der Waals surface area (Å²) in [5, 5.41) is 5.00. The highest BCUT2D eigenvalue weighted by Crippen LogP contribution is 2.60. The van der Waals surface area contributed by atoms with E-state index in [-0.39, 0.29) is 16.2 Å². The van der Waals surface area contributed by atoms with Gasteiger partial charge in [0.15, 0.2) is 0 Å². The van der Waals surface area contributed by atoms with Crippen molar-refractivity contribution in [1.82, 2.24) is 0 Å². The Kier molecular flexibility index (Phi) is 9.18. The van der Waals surface area contributed by atoms with E-state index in [0.717, 1.165) is 0 Å². The van der Waals surface area contributed by atoms with E-state index < -0.39 is 0 Å². The van der Waals surface area contributed by atoms with Crippen LogP contribution in [0.1, 0.15) is 97.9 Å². The van der Waals surface area contributed by atoms with E-state index in [9.17, 15) is 0 Å². The van der Waals surface area contributed by atoms with Gasteiger partial charge >= 0.3 is 0 Å². The van der Waals surface area contributed by atoms with Gasteiger partial charge in [-0.3, -0.25) is 0 Å². The van der Waals surface area contributed by atoms with Crippen molar-refractivity contribution in [2.24, 2.45) is 0 Å². The minimum atomic E-state index is -0.0860. The predicted molar refractivity (Wildman–Crippen MR) is 301 cm³/mol. The zero-order chi connectivity index (χ0) is 47.6. The molecule has 342 valence electrons. The Hall–Kier alpha value is -7.94. The van der Waals surface area contributed by atoms with Crippen LogP contribution in [0, 0.1) is 0 Å². The third kappa shape index (κ3) is 6.20. The van der Waals surface area contributed by atoms with Gasteiger partial charge in [0.2, 0.25) is 0 Å². The van der Waals surface area contributed by atoms with Crippen molar-refractivity contribution in [1.29, 1.82) is 0 Å². The fourth-order valence-corrected chi connectivity index (χ4v) is 13.6. The molecule has 0 unspecified atom stereocenters. The van der Waals surface area contributed by atoms with Gasteiger partial charge in [-0.2, -0.15) is 0 Å². The fraction of sp³-hybridized carbons (Fsp3) is 0.159. The molecule has 0 amide bonds. The summed E-state index contributed by atoms with van der Waals surface area (Å²) in [6, 6.07) is 77.9. The number of para-hydroxylation sites is 4. The number of fused-ring (bicyclic) bond motifs is 11. The first kappa shape index (κ1) is 42.0. The molecule has 1 spiro atoms. The normalized spacial score (nSPS) is 16.5. The number of nitrogens with zero attached hydrogens (tertiary/aromatic N) is 2. The van der Waals surface area contributed by atoms with Crippen LogP contribution in [0.15, 0.2) is 206 Å². The van der Waals surface area contributed by atoms with Crippen molar-refractivity contribution in [2.75, 3.05) is 9.80 Å². The lowest BCUT2D eigenvalue weighted by Crippen LogP contribution is -2.30. The van der Waals surface area contributed by atoms with Crippen molar-refractivity contribution in [3.05, 3.63) is 251 Å². The van der Waals surface area contributed by atoms with Gasteiger partial charge in [-0.1, -0.05) is 204 Å². The van der Waals surface area contributed by atoms with Gasteiger partial charge in [0, 0.05) is 27.6 Å². The lowest BCUT2D eigenvalue weighted by atomic mass is 9.73. The SMILES string of the molecule is CC1(C)c2ccccc2N(c2ccc3c(c2)C2(CCCC2)c2cc(/C=C/c4ccc(-c5ccc6cc(N7c8ccccc8C(C)(C)c8ccccc87)ccc6c5)c5ccccc45)ccc2-3)c2ccccc21. The summed E-state index contributed by atoms with van der Waals surface area (Å²) < 4.78 is 0.